The molecule has 0 unspecified atom stereocenters. The van der Waals surface area contributed by atoms with E-state index in [0.717, 1.165) is 0 Å². The number of rotatable bonds is 15. The Labute approximate surface area is 199 Å². The fourth-order valence-corrected chi connectivity index (χ4v) is 5.62. The van der Waals surface area contributed by atoms with E-state index in [1.165, 1.54) is 0 Å². The number of hydrogen-bond donors (Lipinski definition) is 6. The predicted octanol–water partition coefficient (Wildman–Crippen LogP) is -3.11. The quantitative estimate of drug-likeness (QED) is 0.0809. The van der Waals surface area contributed by atoms with Crippen LogP contribution in [-0.2, 0) is 18.3 Å². The lowest BCUT2D eigenvalue weighted by atomic mass is 10.2. The standard InChI is InChI=1S/C10H28N2O12P4.6H3N/c13-25(14,15)7-11(8-26(16,17)18)5-3-1-2-4-6-12(9-27(19,20)21)10-28(22,23)24;;;;;;/h1-10H2,(H2,13,14,15)(H2,16,17,18)(H2,19,20,21)(H2,22,23,24);6*1H3/p-2. The first-order valence-corrected chi connectivity index (χ1v) is 14.8. The molecular formula is C10H44N8O12P4-2. The van der Waals surface area contributed by atoms with Gasteiger partial charge in [-0.05, 0) is 25.9 Å². The van der Waals surface area contributed by atoms with E-state index < -0.39 is 55.5 Å². The summed E-state index contributed by atoms with van der Waals surface area (Å²) in [6, 6.07) is 0. The molecule has 0 aliphatic heterocycles. The van der Waals surface area contributed by atoms with Gasteiger partial charge >= 0.3 is 0 Å². The van der Waals surface area contributed by atoms with Gasteiger partial charge in [0.05, 0.1) is 0 Å². The van der Waals surface area contributed by atoms with Crippen molar-refractivity contribution in [3.05, 3.63) is 0 Å². The highest BCUT2D eigenvalue weighted by molar-refractivity contribution is 7.50. The van der Waals surface area contributed by atoms with Crippen molar-refractivity contribution in [2.45, 2.75) is 25.7 Å². The second kappa shape index (κ2) is 21.4. The first-order valence-electron chi connectivity index (χ1n) is 7.85. The van der Waals surface area contributed by atoms with Gasteiger partial charge in [-0.3, -0.25) is 9.80 Å². The Morgan fingerprint density at radius 3 is 0.706 bits per heavy atom. The molecule has 0 aliphatic rings. The topological polar surface area (TPSA) is 478 Å². The molecule has 0 atom stereocenters. The van der Waals surface area contributed by atoms with Crippen LogP contribution in [0, 0.1) is 0 Å². The van der Waals surface area contributed by atoms with Gasteiger partial charge < -0.3 is 94.3 Å². The predicted molar refractivity (Wildman–Crippen MR) is 118 cm³/mol. The highest BCUT2D eigenvalue weighted by atomic mass is 31.2. The van der Waals surface area contributed by atoms with Crippen LogP contribution in [0.5, 0.6) is 0 Å². The van der Waals surface area contributed by atoms with Crippen LogP contribution >= 0.6 is 30.4 Å². The summed E-state index contributed by atoms with van der Waals surface area (Å²) in [5.41, 5.74) is 0. The molecule has 0 heterocycles. The van der Waals surface area contributed by atoms with Crippen LogP contribution in [0.3, 0.4) is 0 Å². The van der Waals surface area contributed by atoms with E-state index >= 15 is 0 Å². The molecule has 0 aromatic heterocycles. The van der Waals surface area contributed by atoms with Gasteiger partial charge in [0.1, 0.15) is 0 Å². The summed E-state index contributed by atoms with van der Waals surface area (Å²) < 4.78 is 43.0. The average molecular weight is 592 g/mol. The number of hydrogen-bond acceptors (Lipinski definition) is 14. The van der Waals surface area contributed by atoms with Gasteiger partial charge in [-0.25, -0.2) is 0 Å². The van der Waals surface area contributed by atoms with E-state index in [4.69, 9.17) is 0 Å². The van der Waals surface area contributed by atoms with E-state index in [1.807, 2.05) is 0 Å². The van der Waals surface area contributed by atoms with E-state index in [9.17, 15) is 57.4 Å². The third-order valence-electron chi connectivity index (χ3n) is 3.19. The molecule has 0 aromatic carbocycles. The average Bonchev–Trinajstić information content (AvgIpc) is 2.34. The lowest BCUT2D eigenvalue weighted by molar-refractivity contribution is -0.321. The third kappa shape index (κ3) is 36.8. The molecular weight excluding hydrogens is 548 g/mol. The Kier molecular flexibility index (Phi) is 32.1. The van der Waals surface area contributed by atoms with Crippen molar-refractivity contribution in [2.75, 3.05) is 38.2 Å². The molecule has 0 saturated carbocycles. The summed E-state index contributed by atoms with van der Waals surface area (Å²) >= 11 is 0. The van der Waals surface area contributed by atoms with Crippen LogP contribution in [0.2, 0.25) is 0 Å². The first kappa shape index (κ1) is 51.0. The van der Waals surface area contributed by atoms with Gasteiger partial charge in [0.15, 0.2) is 0 Å². The molecule has 0 saturated heterocycles. The van der Waals surface area contributed by atoms with Crippen molar-refractivity contribution < 1.29 is 57.4 Å². The number of nitrogens with zero attached hydrogens (tertiary/aromatic N) is 2. The van der Waals surface area contributed by atoms with Gasteiger partial charge in [0.2, 0.25) is 0 Å². The molecule has 0 aromatic rings. The van der Waals surface area contributed by atoms with Crippen molar-refractivity contribution >= 4 is 30.4 Å². The minimum absolute atomic E-state index is 0. The molecule has 24 N–H and O–H groups in total. The fraction of sp³-hybridized carbons (Fsp3) is 1.00. The Morgan fingerprint density at radius 1 is 0.382 bits per heavy atom. The van der Waals surface area contributed by atoms with E-state index in [1.54, 1.807) is 0 Å². The molecule has 0 rings (SSSR count). The maximum absolute atomic E-state index is 10.7. The zero-order valence-corrected chi connectivity index (χ0v) is 24.2. The molecule has 0 spiro atoms. The lowest BCUT2D eigenvalue weighted by Gasteiger charge is -2.41. The van der Waals surface area contributed by atoms with Crippen molar-refractivity contribution in [3.8, 4) is 0 Å². The molecule has 0 aliphatic carbocycles. The van der Waals surface area contributed by atoms with Crippen molar-refractivity contribution in [1.82, 2.24) is 46.7 Å². The second-order valence-electron chi connectivity index (χ2n) is 6.21. The van der Waals surface area contributed by atoms with E-state index in [0.29, 0.717) is 22.6 Å². The summed E-state index contributed by atoms with van der Waals surface area (Å²) in [7, 11) is -20.3. The summed E-state index contributed by atoms with van der Waals surface area (Å²) in [6.07, 6.45) is -3.48. The Hall–Kier alpha value is 0.280. The lowest BCUT2D eigenvalue weighted by Crippen LogP contribution is -2.37. The molecule has 0 fully saturated rings. The molecule has 218 valence electrons. The molecule has 20 nitrogen and oxygen atoms in total. The van der Waals surface area contributed by atoms with Crippen LogP contribution in [0.4, 0.5) is 0 Å². The fourth-order valence-electron chi connectivity index (χ4n) is 2.38. The third-order valence-corrected chi connectivity index (χ3v) is 6.18. The monoisotopic (exact) mass is 592 g/mol. The summed E-state index contributed by atoms with van der Waals surface area (Å²) in [4.78, 5) is 87.4. The Bertz CT molecular complexity index is 563. The van der Waals surface area contributed by atoms with E-state index in [2.05, 4.69) is 0 Å². The number of quaternary nitrogens is 6. The summed E-state index contributed by atoms with van der Waals surface area (Å²) in [5, 5.41) is 0. The zero-order valence-electron chi connectivity index (χ0n) is 20.7. The summed E-state index contributed by atoms with van der Waals surface area (Å²) in [5.74, 6) is 0. The largest absolute Gasteiger partial charge is 0.810 e. The highest BCUT2D eigenvalue weighted by Crippen LogP contribution is 2.32. The van der Waals surface area contributed by atoms with Crippen LogP contribution in [0.25, 0.3) is 0 Å². The first-order chi connectivity index (χ1) is 12.4. The highest BCUT2D eigenvalue weighted by Gasteiger charge is 2.10. The van der Waals surface area contributed by atoms with Crippen molar-refractivity contribution in [3.63, 3.8) is 0 Å². The summed E-state index contributed by atoms with van der Waals surface area (Å²) in [6.45, 7) is -0.363. The van der Waals surface area contributed by atoms with Gasteiger partial charge in [-0.1, -0.05) is 43.2 Å². The van der Waals surface area contributed by atoms with Crippen LogP contribution in [0.1, 0.15) is 25.7 Å². The zero-order chi connectivity index (χ0) is 22.2. The Morgan fingerprint density at radius 2 is 0.559 bits per heavy atom. The van der Waals surface area contributed by atoms with Crippen LogP contribution in [-0.4, -0.2) is 48.0 Å². The van der Waals surface area contributed by atoms with Crippen molar-refractivity contribution in [1.29, 1.82) is 0 Å². The maximum atomic E-state index is 10.7. The minimum Gasteiger partial charge on any atom is -0.810 e. The van der Waals surface area contributed by atoms with Crippen molar-refractivity contribution in [2.24, 2.45) is 0 Å². The van der Waals surface area contributed by atoms with Crippen LogP contribution in [0.15, 0.2) is 0 Å². The SMILES string of the molecule is O=P([O-])([O-])CN(CCCCCCN(CP(=O)([O-])[O-])CP(=O)([O-])[O-])CP(=O)([O-])[O-].[NH4+].[NH4+].[NH4+].[NH4+].[NH4+].[NH4+]. The molecule has 0 radical (unpaired) electrons. The molecule has 0 bridgehead atoms. The normalized spacial score (nSPS) is 11.7. The van der Waals surface area contributed by atoms with Gasteiger partial charge in [0.25, 0.3) is 0 Å². The second-order valence-corrected chi connectivity index (χ2v) is 12.2. The molecule has 0 amide bonds. The molecule has 34 heavy (non-hydrogen) atoms. The van der Waals surface area contributed by atoms with Crippen LogP contribution < -0.4 is 76.1 Å². The molecule has 24 heteroatoms. The van der Waals surface area contributed by atoms with Gasteiger partial charge in [-0.2, -0.15) is 0 Å². The maximum Gasteiger partial charge on any atom is 0.0264 e. The van der Waals surface area contributed by atoms with Gasteiger partial charge in [0, 0.05) is 25.1 Å². The Balaban J connectivity index is -0.000000243. The minimum atomic E-state index is -5.07. The number of unbranched alkanes of at least 4 members (excludes halogenated alkanes) is 3. The van der Waals surface area contributed by atoms with E-state index in [-0.39, 0.29) is 62.8 Å². The smallest absolute Gasteiger partial charge is 0.0264 e. The van der Waals surface area contributed by atoms with Gasteiger partial charge in [-0.15, -0.1) is 0 Å².